The first kappa shape index (κ1) is 8.03. The lowest BCUT2D eigenvalue weighted by atomic mass is 9.99. The molecule has 1 aliphatic heterocycles. The first-order chi connectivity index (χ1) is 5.79. The summed E-state index contributed by atoms with van der Waals surface area (Å²) in [6, 6.07) is 8.53. The van der Waals surface area contributed by atoms with Crippen LogP contribution in [0.25, 0.3) is 0 Å². The first-order valence-electron chi connectivity index (χ1n) is 4.16. The van der Waals surface area contributed by atoms with Crippen molar-refractivity contribution in [3.63, 3.8) is 0 Å². The highest BCUT2D eigenvalue weighted by Crippen LogP contribution is 2.33. The third-order valence-corrected chi connectivity index (χ3v) is 2.86. The second-order valence-electron chi connectivity index (χ2n) is 3.15. The highest BCUT2D eigenvalue weighted by atomic mass is 31.0. The smallest absolute Gasteiger partial charge is 0.0443 e. The second kappa shape index (κ2) is 3.04. The van der Waals surface area contributed by atoms with Gasteiger partial charge in [0.05, 0.1) is 0 Å². The van der Waals surface area contributed by atoms with Gasteiger partial charge in [-0.2, -0.15) is 0 Å². The molecule has 64 valence electrons. The summed E-state index contributed by atoms with van der Waals surface area (Å²) < 4.78 is 2.18. The molecule has 0 bridgehead atoms. The van der Waals surface area contributed by atoms with Gasteiger partial charge in [0, 0.05) is 18.3 Å². The van der Waals surface area contributed by atoms with Crippen LogP contribution < -0.4 is 10.4 Å². The Morgan fingerprint density at radius 3 is 2.92 bits per heavy atom. The quantitative estimate of drug-likeness (QED) is 0.615. The van der Waals surface area contributed by atoms with Gasteiger partial charge in [0.15, 0.2) is 0 Å². The Morgan fingerprint density at radius 2 is 2.17 bits per heavy atom. The van der Waals surface area contributed by atoms with E-state index in [1.54, 1.807) is 0 Å². The highest BCUT2D eigenvalue weighted by Gasteiger charge is 2.18. The molecule has 0 aliphatic carbocycles. The summed E-state index contributed by atoms with van der Waals surface area (Å²) in [6.45, 7) is 1.03. The molecule has 0 aromatic heterocycles. The van der Waals surface area contributed by atoms with Gasteiger partial charge in [0.25, 0.3) is 0 Å². The molecule has 0 amide bonds. The number of benzene rings is 1. The molecule has 0 radical (unpaired) electrons. The molecule has 2 unspecified atom stereocenters. The van der Waals surface area contributed by atoms with Crippen LogP contribution in [0, 0.1) is 0 Å². The average Bonchev–Trinajstić information content (AvgIpc) is 2.12. The molecule has 1 aromatic carbocycles. The van der Waals surface area contributed by atoms with Crippen molar-refractivity contribution < 1.29 is 0 Å². The van der Waals surface area contributed by atoms with E-state index >= 15 is 0 Å². The van der Waals surface area contributed by atoms with Gasteiger partial charge in [-0.15, -0.1) is 0 Å². The lowest BCUT2D eigenvalue weighted by molar-refractivity contribution is 0.638. The molecule has 1 heterocycles. The molecule has 2 atom stereocenters. The number of nitrogens with zero attached hydrogens (tertiary/aromatic N) is 1. The van der Waals surface area contributed by atoms with E-state index in [0.29, 0.717) is 0 Å². The Morgan fingerprint density at radius 1 is 1.42 bits per heavy atom. The Hall–Kier alpha value is -0.590. The van der Waals surface area contributed by atoms with Crippen molar-refractivity contribution in [1.29, 1.82) is 0 Å². The van der Waals surface area contributed by atoms with Gasteiger partial charge >= 0.3 is 0 Å². The van der Waals surface area contributed by atoms with Gasteiger partial charge < -0.3 is 10.4 Å². The molecule has 0 saturated heterocycles. The van der Waals surface area contributed by atoms with E-state index < -0.39 is 0 Å². The summed E-state index contributed by atoms with van der Waals surface area (Å²) in [5.74, 6) is 0. The third-order valence-electron chi connectivity index (χ3n) is 2.33. The summed E-state index contributed by atoms with van der Waals surface area (Å²) in [5.41, 5.74) is 8.49. The molecule has 2 N–H and O–H groups in total. The standard InChI is InChI=1S/C9H13N2P/c10-8-5-6-11(12)9-4-2-1-3-7(8)9/h1-4,8H,5-6,10,12H2. The van der Waals surface area contributed by atoms with E-state index in [2.05, 4.69) is 26.2 Å². The Labute approximate surface area is 75.0 Å². The number of para-hydroxylation sites is 1. The van der Waals surface area contributed by atoms with Crippen LogP contribution >= 0.6 is 9.39 Å². The van der Waals surface area contributed by atoms with Crippen LogP contribution in [-0.2, 0) is 0 Å². The Balaban J connectivity index is 2.47. The second-order valence-corrected chi connectivity index (χ2v) is 3.77. The van der Waals surface area contributed by atoms with Gasteiger partial charge in [0.1, 0.15) is 0 Å². The van der Waals surface area contributed by atoms with Crippen LogP contribution in [0.3, 0.4) is 0 Å². The summed E-state index contributed by atoms with van der Waals surface area (Å²) >= 11 is 0. The summed E-state index contributed by atoms with van der Waals surface area (Å²) in [4.78, 5) is 0. The third kappa shape index (κ3) is 1.21. The number of anilines is 1. The van der Waals surface area contributed by atoms with Gasteiger partial charge in [-0.05, 0) is 27.4 Å². The van der Waals surface area contributed by atoms with Gasteiger partial charge in [-0.1, -0.05) is 18.2 Å². The fourth-order valence-corrected chi connectivity index (χ4v) is 2.00. The molecule has 0 fully saturated rings. The number of nitrogens with two attached hydrogens (primary N) is 1. The zero-order chi connectivity index (χ0) is 8.55. The van der Waals surface area contributed by atoms with E-state index in [1.165, 1.54) is 11.3 Å². The Bertz CT molecular complexity index is 259. The minimum Gasteiger partial charge on any atom is -0.356 e. The summed E-state index contributed by atoms with van der Waals surface area (Å²) in [6.07, 6.45) is 1.04. The topological polar surface area (TPSA) is 29.3 Å². The zero-order valence-corrected chi connectivity index (χ0v) is 8.06. The van der Waals surface area contributed by atoms with Crippen LogP contribution in [0.5, 0.6) is 0 Å². The largest absolute Gasteiger partial charge is 0.356 e. The maximum absolute atomic E-state index is 5.97. The van der Waals surface area contributed by atoms with Crippen molar-refractivity contribution in [2.24, 2.45) is 5.73 Å². The zero-order valence-electron chi connectivity index (χ0n) is 6.90. The number of rotatable bonds is 0. The predicted molar refractivity (Wildman–Crippen MR) is 55.0 cm³/mol. The van der Waals surface area contributed by atoms with Crippen LogP contribution in [0.15, 0.2) is 24.3 Å². The minimum absolute atomic E-state index is 0.220. The van der Waals surface area contributed by atoms with E-state index in [9.17, 15) is 0 Å². The van der Waals surface area contributed by atoms with E-state index in [-0.39, 0.29) is 6.04 Å². The maximum Gasteiger partial charge on any atom is 0.0443 e. The normalized spacial score (nSPS) is 22.2. The fraction of sp³-hybridized carbons (Fsp3) is 0.333. The highest BCUT2D eigenvalue weighted by molar-refractivity contribution is 7.19. The minimum atomic E-state index is 0.220. The SMILES string of the molecule is NC1CCN(P)c2ccccc21. The van der Waals surface area contributed by atoms with Gasteiger partial charge in [-0.25, -0.2) is 0 Å². The van der Waals surface area contributed by atoms with Crippen molar-refractivity contribution in [1.82, 2.24) is 0 Å². The lowest BCUT2D eigenvalue weighted by Crippen LogP contribution is -2.26. The monoisotopic (exact) mass is 180 g/mol. The first-order valence-corrected chi connectivity index (χ1v) is 4.67. The molecule has 12 heavy (non-hydrogen) atoms. The molecule has 3 heteroatoms. The lowest BCUT2D eigenvalue weighted by Gasteiger charge is -2.30. The molecule has 1 aromatic rings. The van der Waals surface area contributed by atoms with E-state index in [0.717, 1.165) is 13.0 Å². The molecular weight excluding hydrogens is 167 g/mol. The van der Waals surface area contributed by atoms with Crippen molar-refractivity contribution >= 4 is 15.1 Å². The van der Waals surface area contributed by atoms with Crippen LogP contribution in [-0.4, -0.2) is 6.54 Å². The van der Waals surface area contributed by atoms with Crippen molar-refractivity contribution in [2.45, 2.75) is 12.5 Å². The predicted octanol–water partition coefficient (Wildman–Crippen LogP) is 1.69. The molecular formula is C9H13N2P. The fourth-order valence-electron chi connectivity index (χ4n) is 1.62. The van der Waals surface area contributed by atoms with E-state index in [4.69, 9.17) is 5.73 Å². The Kier molecular flexibility index (Phi) is 2.03. The van der Waals surface area contributed by atoms with Crippen LogP contribution in [0.1, 0.15) is 18.0 Å². The van der Waals surface area contributed by atoms with Crippen molar-refractivity contribution in [2.75, 3.05) is 11.2 Å². The van der Waals surface area contributed by atoms with Crippen LogP contribution in [0.2, 0.25) is 0 Å². The summed E-state index contributed by atoms with van der Waals surface area (Å²) in [7, 11) is 2.73. The summed E-state index contributed by atoms with van der Waals surface area (Å²) in [5, 5.41) is 0. The average molecular weight is 180 g/mol. The molecule has 2 nitrogen and oxygen atoms in total. The number of hydrogen-bond acceptors (Lipinski definition) is 2. The molecule has 2 rings (SSSR count). The van der Waals surface area contributed by atoms with Crippen molar-refractivity contribution in [3.8, 4) is 0 Å². The van der Waals surface area contributed by atoms with Gasteiger partial charge in [-0.3, -0.25) is 0 Å². The van der Waals surface area contributed by atoms with E-state index in [1.807, 2.05) is 12.1 Å². The molecule has 0 spiro atoms. The van der Waals surface area contributed by atoms with Crippen molar-refractivity contribution in [3.05, 3.63) is 29.8 Å². The van der Waals surface area contributed by atoms with Gasteiger partial charge in [0.2, 0.25) is 0 Å². The van der Waals surface area contributed by atoms with Crippen LogP contribution in [0.4, 0.5) is 5.69 Å². The number of hydrogen-bond donors (Lipinski definition) is 1. The number of fused-ring (bicyclic) bond motifs is 1. The molecule has 1 aliphatic rings. The molecule has 0 saturated carbocycles. The maximum atomic E-state index is 5.97.